The Morgan fingerprint density at radius 3 is 1.90 bits per heavy atom. The van der Waals surface area contributed by atoms with Crippen molar-refractivity contribution >= 4 is 0 Å². The van der Waals surface area contributed by atoms with Gasteiger partial charge in [0, 0.05) is 5.56 Å². The molecule has 0 radical (unpaired) electrons. The van der Waals surface area contributed by atoms with Gasteiger partial charge in [0.05, 0.1) is 5.56 Å². The summed E-state index contributed by atoms with van der Waals surface area (Å²) in [6.45, 7) is 0. The molecule has 0 aliphatic heterocycles. The summed E-state index contributed by atoms with van der Waals surface area (Å²) >= 11 is 0. The highest BCUT2D eigenvalue weighted by molar-refractivity contribution is 5.68. The first-order chi connectivity index (χ1) is 9.33. The summed E-state index contributed by atoms with van der Waals surface area (Å²) in [5, 5.41) is 4.55. The molecular weight excluding hydrogens is 312 g/mol. The predicted octanol–water partition coefficient (Wildman–Crippen LogP) is 0.244. The van der Waals surface area contributed by atoms with Gasteiger partial charge in [-0.2, -0.15) is 0 Å². The Hall–Kier alpha value is -2.00. The number of rotatable bonds is 2. The number of aromatic nitrogens is 2. The molecule has 3 aromatic rings. The molecule has 0 bridgehead atoms. The first-order valence-electron chi connectivity index (χ1n) is 6.32. The monoisotopic (exact) mass is 326 g/mol. The highest BCUT2D eigenvalue weighted by Crippen LogP contribution is 2.22. The third-order valence-electron chi connectivity index (χ3n) is 3.06. The van der Waals surface area contributed by atoms with E-state index in [9.17, 15) is 0 Å². The van der Waals surface area contributed by atoms with Gasteiger partial charge in [-0.15, -0.1) is 0 Å². The van der Waals surface area contributed by atoms with Gasteiger partial charge in [-0.25, -0.2) is 0 Å². The van der Waals surface area contributed by atoms with Crippen molar-refractivity contribution < 1.29 is 21.7 Å². The standard InChI is InChI=1S/C17H15N2.BrH/c1-19-13-16(14-8-4-2-5-9-14)12-17(18-19)15-10-6-3-7-11-15;/h2-13H,1H3;1H/q+1;/p-1. The zero-order valence-corrected chi connectivity index (χ0v) is 12.8. The van der Waals surface area contributed by atoms with E-state index in [1.165, 1.54) is 11.1 Å². The van der Waals surface area contributed by atoms with Gasteiger partial charge in [0.15, 0.2) is 7.05 Å². The van der Waals surface area contributed by atoms with Gasteiger partial charge in [-0.05, 0) is 16.7 Å². The molecule has 0 unspecified atom stereocenters. The Kier molecular flexibility index (Phi) is 4.64. The fourth-order valence-corrected chi connectivity index (χ4v) is 2.15. The summed E-state index contributed by atoms with van der Waals surface area (Å²) in [5.74, 6) is 0. The van der Waals surface area contributed by atoms with Crippen molar-refractivity contribution in [1.82, 2.24) is 5.10 Å². The maximum Gasteiger partial charge on any atom is 0.203 e. The average Bonchev–Trinajstić information content (AvgIpc) is 2.48. The van der Waals surface area contributed by atoms with Gasteiger partial charge in [0.25, 0.3) is 0 Å². The van der Waals surface area contributed by atoms with Crippen LogP contribution in [-0.4, -0.2) is 5.10 Å². The van der Waals surface area contributed by atoms with Crippen molar-refractivity contribution in [3.63, 3.8) is 0 Å². The Balaban J connectivity index is 0.00000147. The molecule has 0 aliphatic rings. The fourth-order valence-electron chi connectivity index (χ4n) is 2.15. The van der Waals surface area contributed by atoms with Crippen LogP contribution in [0.2, 0.25) is 0 Å². The highest BCUT2D eigenvalue weighted by atomic mass is 79.9. The molecule has 3 heteroatoms. The predicted molar refractivity (Wildman–Crippen MR) is 76.3 cm³/mol. The SMILES string of the molecule is C[n+]1cc(-c2ccccc2)cc(-c2ccccc2)n1.[Br-]. The van der Waals surface area contributed by atoms with Gasteiger partial charge >= 0.3 is 0 Å². The first-order valence-corrected chi connectivity index (χ1v) is 6.32. The molecule has 0 atom stereocenters. The van der Waals surface area contributed by atoms with Crippen LogP contribution in [0.5, 0.6) is 0 Å². The minimum absolute atomic E-state index is 0. The molecule has 0 amide bonds. The molecule has 0 fully saturated rings. The smallest absolute Gasteiger partial charge is 0.203 e. The maximum absolute atomic E-state index is 4.55. The molecule has 0 N–H and O–H groups in total. The van der Waals surface area contributed by atoms with Crippen molar-refractivity contribution in [2.24, 2.45) is 7.05 Å². The number of hydrogen-bond acceptors (Lipinski definition) is 1. The Labute approximate surface area is 129 Å². The van der Waals surface area contributed by atoms with Crippen LogP contribution in [0.15, 0.2) is 72.9 Å². The van der Waals surface area contributed by atoms with Crippen LogP contribution < -0.4 is 21.7 Å². The lowest BCUT2D eigenvalue weighted by atomic mass is 10.1. The second-order valence-electron chi connectivity index (χ2n) is 4.52. The minimum atomic E-state index is 0. The van der Waals surface area contributed by atoms with Crippen LogP contribution in [0, 0.1) is 0 Å². The molecule has 20 heavy (non-hydrogen) atoms. The lowest BCUT2D eigenvalue weighted by Crippen LogP contribution is -3.00. The molecule has 0 saturated carbocycles. The number of aryl methyl sites for hydroxylation is 1. The first kappa shape index (κ1) is 14.4. The van der Waals surface area contributed by atoms with Gasteiger partial charge in [-0.1, -0.05) is 65.3 Å². The largest absolute Gasteiger partial charge is 1.00 e. The van der Waals surface area contributed by atoms with Crippen molar-refractivity contribution in [3.05, 3.63) is 72.9 Å². The summed E-state index contributed by atoms with van der Waals surface area (Å²) < 4.78 is 1.87. The quantitative estimate of drug-likeness (QED) is 0.617. The normalized spacial score (nSPS) is 9.85. The van der Waals surface area contributed by atoms with Crippen LogP contribution in [0.4, 0.5) is 0 Å². The Morgan fingerprint density at radius 2 is 1.30 bits per heavy atom. The number of benzene rings is 2. The van der Waals surface area contributed by atoms with Crippen molar-refractivity contribution in [3.8, 4) is 22.4 Å². The van der Waals surface area contributed by atoms with Gasteiger partial charge in [0.1, 0.15) is 5.69 Å². The maximum atomic E-state index is 4.55. The second-order valence-corrected chi connectivity index (χ2v) is 4.52. The minimum Gasteiger partial charge on any atom is -1.00 e. The summed E-state index contributed by atoms with van der Waals surface area (Å²) in [6, 6.07) is 22.7. The van der Waals surface area contributed by atoms with E-state index in [1.807, 2.05) is 42.2 Å². The molecule has 2 nitrogen and oxygen atoms in total. The Bertz CT molecular complexity index is 624. The van der Waals surface area contributed by atoms with Crippen LogP contribution in [0.25, 0.3) is 22.4 Å². The van der Waals surface area contributed by atoms with Crippen molar-refractivity contribution in [2.45, 2.75) is 0 Å². The van der Waals surface area contributed by atoms with Gasteiger partial charge in [-0.3, -0.25) is 0 Å². The van der Waals surface area contributed by atoms with E-state index in [-0.39, 0.29) is 17.0 Å². The van der Waals surface area contributed by atoms with E-state index in [0.29, 0.717) is 0 Å². The summed E-state index contributed by atoms with van der Waals surface area (Å²) in [6.07, 6.45) is 2.04. The van der Waals surface area contributed by atoms with Crippen LogP contribution >= 0.6 is 0 Å². The number of hydrogen-bond donors (Lipinski definition) is 0. The highest BCUT2D eigenvalue weighted by Gasteiger charge is 2.09. The third-order valence-corrected chi connectivity index (χ3v) is 3.06. The van der Waals surface area contributed by atoms with E-state index < -0.39 is 0 Å². The second kappa shape index (κ2) is 6.44. The zero-order valence-electron chi connectivity index (χ0n) is 11.2. The molecular formula is C17H15BrN2. The van der Waals surface area contributed by atoms with Gasteiger partial charge in [0.2, 0.25) is 6.20 Å². The molecule has 2 aromatic carbocycles. The molecule has 100 valence electrons. The van der Waals surface area contributed by atoms with Crippen LogP contribution in [0.3, 0.4) is 0 Å². The fraction of sp³-hybridized carbons (Fsp3) is 0.0588. The topological polar surface area (TPSA) is 16.8 Å². The lowest BCUT2D eigenvalue weighted by molar-refractivity contribution is -0.729. The molecule has 0 aliphatic carbocycles. The van der Waals surface area contributed by atoms with E-state index in [1.54, 1.807) is 0 Å². The summed E-state index contributed by atoms with van der Waals surface area (Å²) in [4.78, 5) is 0. The molecule has 3 rings (SSSR count). The van der Waals surface area contributed by atoms with Crippen LogP contribution in [-0.2, 0) is 7.05 Å². The average molecular weight is 327 g/mol. The molecule has 0 spiro atoms. The molecule has 0 saturated heterocycles. The lowest BCUT2D eigenvalue weighted by Gasteiger charge is -2.02. The van der Waals surface area contributed by atoms with E-state index in [4.69, 9.17) is 0 Å². The molecule has 1 aromatic heterocycles. The van der Waals surface area contributed by atoms with Crippen LogP contribution in [0.1, 0.15) is 0 Å². The van der Waals surface area contributed by atoms with Gasteiger partial charge < -0.3 is 17.0 Å². The van der Waals surface area contributed by atoms with E-state index in [2.05, 4.69) is 47.6 Å². The number of halogens is 1. The van der Waals surface area contributed by atoms with E-state index in [0.717, 1.165) is 11.3 Å². The summed E-state index contributed by atoms with van der Waals surface area (Å²) in [5.41, 5.74) is 4.51. The zero-order chi connectivity index (χ0) is 13.1. The van der Waals surface area contributed by atoms with Crippen molar-refractivity contribution in [1.29, 1.82) is 0 Å². The van der Waals surface area contributed by atoms with E-state index >= 15 is 0 Å². The van der Waals surface area contributed by atoms with Crippen molar-refractivity contribution in [2.75, 3.05) is 0 Å². The molecule has 1 heterocycles. The summed E-state index contributed by atoms with van der Waals surface area (Å²) in [7, 11) is 1.96. The number of nitrogens with zero attached hydrogens (tertiary/aromatic N) is 2. The Morgan fingerprint density at radius 1 is 0.750 bits per heavy atom. The third kappa shape index (κ3) is 3.11.